The van der Waals surface area contributed by atoms with Crippen molar-refractivity contribution in [3.8, 4) is 6.07 Å². The van der Waals surface area contributed by atoms with Gasteiger partial charge in [-0.3, -0.25) is 14.4 Å². The number of rotatable bonds is 3. The van der Waals surface area contributed by atoms with E-state index >= 15 is 0 Å². The summed E-state index contributed by atoms with van der Waals surface area (Å²) < 4.78 is 27.3. The van der Waals surface area contributed by atoms with Crippen LogP contribution in [-0.2, 0) is 4.79 Å². The fourth-order valence-corrected chi connectivity index (χ4v) is 3.27. The first kappa shape index (κ1) is 18.5. The van der Waals surface area contributed by atoms with Crippen molar-refractivity contribution in [2.75, 3.05) is 13.1 Å². The maximum Gasteiger partial charge on any atom is 0.268 e. The average Bonchev–Trinajstić information content (AvgIpc) is 2.90. The van der Waals surface area contributed by atoms with E-state index in [9.17, 15) is 28.4 Å². The van der Waals surface area contributed by atoms with Gasteiger partial charge in [-0.1, -0.05) is 18.2 Å². The number of H-pyrrole nitrogens is 1. The highest BCUT2D eigenvalue weighted by Crippen LogP contribution is 2.38. The van der Waals surface area contributed by atoms with E-state index in [0.717, 1.165) is 4.90 Å². The van der Waals surface area contributed by atoms with Gasteiger partial charge in [0.15, 0.2) is 0 Å². The number of nitrogens with one attached hydrogen (secondary N) is 2. The Morgan fingerprint density at radius 2 is 2.00 bits per heavy atom. The molecule has 140 valence electrons. The van der Waals surface area contributed by atoms with Crippen molar-refractivity contribution in [1.29, 1.82) is 5.26 Å². The molecule has 2 amide bonds. The van der Waals surface area contributed by atoms with Crippen LogP contribution in [0.4, 0.5) is 8.78 Å². The number of pyridine rings is 1. The molecule has 0 radical (unpaired) electrons. The molecule has 2 aromatic rings. The number of amides is 2. The smallest absolute Gasteiger partial charge is 0.268 e. The fourth-order valence-electron chi connectivity index (χ4n) is 3.27. The van der Waals surface area contributed by atoms with Crippen molar-refractivity contribution in [1.82, 2.24) is 15.2 Å². The van der Waals surface area contributed by atoms with Gasteiger partial charge >= 0.3 is 0 Å². The lowest BCUT2D eigenvalue weighted by atomic mass is 10.00. The Labute approximate surface area is 152 Å². The van der Waals surface area contributed by atoms with E-state index in [1.807, 2.05) is 0 Å². The zero-order valence-corrected chi connectivity index (χ0v) is 14.4. The third kappa shape index (κ3) is 3.38. The molecular formula is C18H16F2N4O3. The summed E-state index contributed by atoms with van der Waals surface area (Å²) in [7, 11) is 0. The number of nitrogens with zero attached hydrogens (tertiary/aromatic N) is 2. The van der Waals surface area contributed by atoms with Crippen molar-refractivity contribution >= 4 is 22.6 Å². The molecule has 1 aromatic heterocycles. The van der Waals surface area contributed by atoms with Crippen molar-refractivity contribution in [2.24, 2.45) is 0 Å². The summed E-state index contributed by atoms with van der Waals surface area (Å²) in [6.45, 7) is -0.143. The van der Waals surface area contributed by atoms with Crippen molar-refractivity contribution in [2.45, 2.75) is 24.8 Å². The number of aromatic amines is 1. The third-order valence-electron chi connectivity index (χ3n) is 4.58. The molecule has 9 heteroatoms. The molecule has 1 saturated heterocycles. The normalized spacial score (nSPS) is 21.0. The number of carbonyl (C=O) groups is 2. The number of benzene rings is 1. The van der Waals surface area contributed by atoms with Crippen LogP contribution in [0, 0.1) is 11.3 Å². The van der Waals surface area contributed by atoms with Gasteiger partial charge in [0.25, 0.3) is 17.4 Å². The van der Waals surface area contributed by atoms with Gasteiger partial charge in [0.2, 0.25) is 5.91 Å². The van der Waals surface area contributed by atoms with E-state index in [4.69, 9.17) is 0 Å². The van der Waals surface area contributed by atoms with Crippen molar-refractivity contribution < 1.29 is 18.4 Å². The van der Waals surface area contributed by atoms with Crippen LogP contribution in [0.15, 0.2) is 35.3 Å². The molecule has 0 saturated carbocycles. The monoisotopic (exact) mass is 374 g/mol. The van der Waals surface area contributed by atoms with E-state index in [1.165, 1.54) is 13.1 Å². The third-order valence-corrected chi connectivity index (χ3v) is 4.58. The van der Waals surface area contributed by atoms with Gasteiger partial charge in [0.05, 0.1) is 24.7 Å². The molecule has 7 nitrogen and oxygen atoms in total. The second kappa shape index (κ2) is 6.46. The molecule has 1 fully saturated rings. The number of aromatic nitrogens is 1. The highest BCUT2D eigenvalue weighted by molar-refractivity contribution is 6.07. The molecule has 2 N–H and O–H groups in total. The summed E-state index contributed by atoms with van der Waals surface area (Å²) in [4.78, 5) is 39.8. The van der Waals surface area contributed by atoms with Gasteiger partial charge in [-0.15, -0.1) is 0 Å². The zero-order chi connectivity index (χ0) is 19.8. The van der Waals surface area contributed by atoms with Gasteiger partial charge in [-0.2, -0.15) is 5.26 Å². The van der Waals surface area contributed by atoms with E-state index < -0.39 is 42.8 Å². The molecule has 1 unspecified atom stereocenters. The molecule has 1 aromatic carbocycles. The van der Waals surface area contributed by atoms with Crippen LogP contribution in [0.3, 0.4) is 0 Å². The van der Waals surface area contributed by atoms with Gasteiger partial charge in [-0.25, -0.2) is 8.78 Å². The Balaban J connectivity index is 1.77. The topological polar surface area (TPSA) is 106 Å². The van der Waals surface area contributed by atoms with Gasteiger partial charge in [-0.05, 0) is 13.0 Å². The Bertz CT molecular complexity index is 1030. The van der Waals surface area contributed by atoms with Gasteiger partial charge < -0.3 is 15.2 Å². The summed E-state index contributed by atoms with van der Waals surface area (Å²) in [5.74, 6) is -4.57. The van der Waals surface area contributed by atoms with Crippen LogP contribution in [0.1, 0.15) is 23.7 Å². The van der Waals surface area contributed by atoms with E-state index in [2.05, 4.69) is 10.3 Å². The number of carbonyl (C=O) groups excluding carboxylic acids is 2. The molecule has 3 rings (SSSR count). The SMILES string of the molecule is CC1(C#N)CC(F)(F)CN1C(=O)CNC(=O)c1c[nH]c(=O)c2ccccc12. The predicted octanol–water partition coefficient (Wildman–Crippen LogP) is 1.41. The molecular weight excluding hydrogens is 358 g/mol. The summed E-state index contributed by atoms with van der Waals surface area (Å²) in [6.07, 6.45) is 0.481. The first-order chi connectivity index (χ1) is 12.7. The number of fused-ring (bicyclic) bond motifs is 1. The Hall–Kier alpha value is -3.28. The van der Waals surface area contributed by atoms with Crippen LogP contribution in [0.2, 0.25) is 0 Å². The number of likely N-dealkylation sites (tertiary alicyclic amines) is 1. The molecule has 0 bridgehead atoms. The number of hydrogen-bond donors (Lipinski definition) is 2. The number of alkyl halides is 2. The summed E-state index contributed by atoms with van der Waals surface area (Å²) in [6, 6.07) is 8.21. The predicted molar refractivity (Wildman–Crippen MR) is 92.2 cm³/mol. The van der Waals surface area contributed by atoms with Crippen LogP contribution in [-0.4, -0.2) is 46.2 Å². The van der Waals surface area contributed by atoms with E-state index in [1.54, 1.807) is 30.3 Å². The quantitative estimate of drug-likeness (QED) is 0.847. The maximum absolute atomic E-state index is 13.6. The van der Waals surface area contributed by atoms with E-state index in [0.29, 0.717) is 10.8 Å². The van der Waals surface area contributed by atoms with E-state index in [-0.39, 0.29) is 11.1 Å². The lowest BCUT2D eigenvalue weighted by Gasteiger charge is -2.27. The minimum absolute atomic E-state index is 0.146. The molecule has 1 atom stereocenters. The fraction of sp³-hybridized carbons (Fsp3) is 0.333. The average molecular weight is 374 g/mol. The zero-order valence-electron chi connectivity index (χ0n) is 14.4. The highest BCUT2D eigenvalue weighted by atomic mass is 19.3. The molecule has 0 spiro atoms. The summed E-state index contributed by atoms with van der Waals surface area (Å²) >= 11 is 0. The lowest BCUT2D eigenvalue weighted by molar-refractivity contribution is -0.133. The summed E-state index contributed by atoms with van der Waals surface area (Å²) in [5, 5.41) is 12.3. The van der Waals surface area contributed by atoms with Crippen LogP contribution >= 0.6 is 0 Å². The second-order valence-electron chi connectivity index (χ2n) is 6.66. The highest BCUT2D eigenvalue weighted by Gasteiger charge is 2.54. The summed E-state index contributed by atoms with van der Waals surface area (Å²) in [5.41, 5.74) is -1.84. The van der Waals surface area contributed by atoms with Crippen molar-refractivity contribution in [3.63, 3.8) is 0 Å². The molecule has 2 heterocycles. The number of halogens is 2. The van der Waals surface area contributed by atoms with Gasteiger partial charge in [0, 0.05) is 23.4 Å². The van der Waals surface area contributed by atoms with Crippen LogP contribution in [0.25, 0.3) is 10.8 Å². The molecule has 1 aliphatic rings. The number of hydrogen-bond acceptors (Lipinski definition) is 4. The largest absolute Gasteiger partial charge is 0.343 e. The molecule has 0 aliphatic carbocycles. The Kier molecular flexibility index (Phi) is 4.43. The van der Waals surface area contributed by atoms with Crippen LogP contribution < -0.4 is 10.9 Å². The minimum Gasteiger partial charge on any atom is -0.343 e. The Morgan fingerprint density at radius 1 is 1.33 bits per heavy atom. The standard InChI is InChI=1S/C18H16F2N4O3/c1-17(9-21)8-18(19,20)10-24(17)14(25)7-23-16(27)13-6-22-15(26)12-5-3-2-4-11(12)13/h2-6H,7-8,10H2,1H3,(H,22,26)(H,23,27). The lowest BCUT2D eigenvalue weighted by Crippen LogP contribution is -2.48. The first-order valence-electron chi connectivity index (χ1n) is 8.15. The van der Waals surface area contributed by atoms with Crippen molar-refractivity contribution in [3.05, 3.63) is 46.4 Å². The molecule has 27 heavy (non-hydrogen) atoms. The van der Waals surface area contributed by atoms with Gasteiger partial charge in [0.1, 0.15) is 5.54 Å². The first-order valence-corrected chi connectivity index (χ1v) is 8.15. The van der Waals surface area contributed by atoms with Crippen LogP contribution in [0.5, 0.6) is 0 Å². The maximum atomic E-state index is 13.6. The second-order valence-corrected chi connectivity index (χ2v) is 6.66. The number of nitriles is 1. The Morgan fingerprint density at radius 3 is 2.67 bits per heavy atom. The minimum atomic E-state index is -3.15. The molecule has 1 aliphatic heterocycles.